The fourth-order valence-corrected chi connectivity index (χ4v) is 2.01. The Morgan fingerprint density at radius 1 is 1.24 bits per heavy atom. The molecule has 1 fully saturated rings. The molecule has 0 spiro atoms. The second-order valence-corrected chi connectivity index (χ2v) is 4.92. The van der Waals surface area contributed by atoms with E-state index in [4.69, 9.17) is 4.52 Å². The minimum absolute atomic E-state index is 0.247. The van der Waals surface area contributed by atoms with Crippen molar-refractivity contribution in [2.24, 2.45) is 0 Å². The van der Waals surface area contributed by atoms with Gasteiger partial charge in [0.05, 0.1) is 11.3 Å². The van der Waals surface area contributed by atoms with Crippen molar-refractivity contribution in [3.8, 4) is 0 Å². The predicted molar refractivity (Wildman–Crippen MR) is 67.9 cm³/mol. The summed E-state index contributed by atoms with van der Waals surface area (Å²) in [7, 11) is 0. The van der Waals surface area contributed by atoms with Crippen LogP contribution in [0.3, 0.4) is 0 Å². The van der Waals surface area contributed by atoms with E-state index >= 15 is 0 Å². The maximum Gasteiger partial charge on any atom is 0.416 e. The van der Waals surface area contributed by atoms with Crippen LogP contribution in [0.1, 0.15) is 40.4 Å². The third-order valence-corrected chi connectivity index (χ3v) is 3.28. The highest BCUT2D eigenvalue weighted by molar-refractivity contribution is 6.04. The monoisotopic (exact) mass is 296 g/mol. The highest BCUT2D eigenvalue weighted by Crippen LogP contribution is 2.40. The smallest absolute Gasteiger partial charge is 0.364 e. The van der Waals surface area contributed by atoms with Crippen LogP contribution in [-0.4, -0.2) is 11.1 Å². The molecule has 1 saturated carbocycles. The number of hydrogen-bond donors (Lipinski definition) is 1. The Bertz CT molecular complexity index is 658. The summed E-state index contributed by atoms with van der Waals surface area (Å²) in [6.07, 6.45) is -1.20. The average Bonchev–Trinajstić information content (AvgIpc) is 3.15. The number of anilines is 1. The molecule has 0 bridgehead atoms. The molecular weight excluding hydrogens is 285 g/mol. The van der Waals surface area contributed by atoms with Gasteiger partial charge in [-0.3, -0.25) is 4.79 Å². The highest BCUT2D eigenvalue weighted by Gasteiger charge is 2.32. The summed E-state index contributed by atoms with van der Waals surface area (Å²) >= 11 is 0. The first-order valence-corrected chi connectivity index (χ1v) is 6.38. The summed E-state index contributed by atoms with van der Waals surface area (Å²) in [5.41, 5.74) is 0.469. The van der Waals surface area contributed by atoms with E-state index in [-0.39, 0.29) is 11.6 Å². The maximum atomic E-state index is 12.4. The molecule has 0 unspecified atom stereocenters. The van der Waals surface area contributed by atoms with Crippen LogP contribution >= 0.6 is 0 Å². The first-order valence-electron chi connectivity index (χ1n) is 6.38. The van der Waals surface area contributed by atoms with E-state index < -0.39 is 17.6 Å². The lowest BCUT2D eigenvalue weighted by molar-refractivity contribution is -0.137. The lowest BCUT2D eigenvalue weighted by Crippen LogP contribution is -2.13. The van der Waals surface area contributed by atoms with Gasteiger partial charge < -0.3 is 9.84 Å². The molecule has 1 amide bonds. The zero-order valence-corrected chi connectivity index (χ0v) is 10.8. The summed E-state index contributed by atoms with van der Waals surface area (Å²) in [6.45, 7) is 0. The number of alkyl halides is 3. The Hall–Kier alpha value is -2.31. The number of amides is 1. The first kappa shape index (κ1) is 13.7. The molecule has 1 heterocycles. The zero-order chi connectivity index (χ0) is 15.0. The molecule has 1 aromatic carbocycles. The first-order chi connectivity index (χ1) is 9.95. The van der Waals surface area contributed by atoms with Gasteiger partial charge in [0.2, 0.25) is 0 Å². The van der Waals surface area contributed by atoms with Crippen molar-refractivity contribution < 1.29 is 22.5 Å². The van der Waals surface area contributed by atoms with Gasteiger partial charge in [0.15, 0.2) is 0 Å². The molecule has 0 atom stereocenters. The molecule has 1 aliphatic rings. The molecule has 7 heteroatoms. The summed E-state index contributed by atoms with van der Waals surface area (Å²) in [6, 6.07) is 4.27. The Balaban J connectivity index is 1.74. The number of halogens is 3. The summed E-state index contributed by atoms with van der Waals surface area (Å²) in [5, 5.41) is 6.34. The largest absolute Gasteiger partial charge is 0.416 e. The van der Waals surface area contributed by atoms with Crippen molar-refractivity contribution in [3.63, 3.8) is 0 Å². The van der Waals surface area contributed by atoms with Gasteiger partial charge in [-0.25, -0.2) is 0 Å². The van der Waals surface area contributed by atoms with Crippen LogP contribution in [0.5, 0.6) is 0 Å². The standard InChI is InChI=1S/C14H11F3N2O2/c15-14(16,17)9-3-5-10(6-4-9)18-13(20)11-7-21-19-12(11)8-1-2-8/h3-8H,1-2H2,(H,18,20). The number of nitrogens with zero attached hydrogens (tertiary/aromatic N) is 1. The Morgan fingerprint density at radius 2 is 1.90 bits per heavy atom. The molecule has 1 N–H and O–H groups in total. The van der Waals surface area contributed by atoms with E-state index in [1.165, 1.54) is 18.4 Å². The highest BCUT2D eigenvalue weighted by atomic mass is 19.4. The second kappa shape index (κ2) is 4.91. The van der Waals surface area contributed by atoms with Crippen LogP contribution < -0.4 is 5.32 Å². The molecule has 3 rings (SSSR count). The summed E-state index contributed by atoms with van der Waals surface area (Å²) in [5.74, 6) is -0.185. The van der Waals surface area contributed by atoms with Crippen molar-refractivity contribution in [3.05, 3.63) is 47.3 Å². The van der Waals surface area contributed by atoms with E-state index in [9.17, 15) is 18.0 Å². The molecule has 0 radical (unpaired) electrons. The molecular formula is C14H11F3N2O2. The second-order valence-electron chi connectivity index (χ2n) is 4.92. The lowest BCUT2D eigenvalue weighted by atomic mass is 10.1. The minimum atomic E-state index is -4.39. The molecule has 1 aliphatic carbocycles. The van der Waals surface area contributed by atoms with Crippen LogP contribution in [0, 0.1) is 0 Å². The molecule has 21 heavy (non-hydrogen) atoms. The third kappa shape index (κ3) is 2.91. The van der Waals surface area contributed by atoms with Gasteiger partial charge in [-0.1, -0.05) is 5.16 Å². The van der Waals surface area contributed by atoms with Gasteiger partial charge in [-0.15, -0.1) is 0 Å². The van der Waals surface area contributed by atoms with Gasteiger partial charge in [0.1, 0.15) is 11.8 Å². The average molecular weight is 296 g/mol. The van der Waals surface area contributed by atoms with Crippen molar-refractivity contribution >= 4 is 11.6 Å². The van der Waals surface area contributed by atoms with Crippen molar-refractivity contribution in [1.82, 2.24) is 5.16 Å². The number of benzene rings is 1. The SMILES string of the molecule is O=C(Nc1ccc(C(F)(F)F)cc1)c1conc1C1CC1. The van der Waals surface area contributed by atoms with E-state index in [0.29, 0.717) is 11.3 Å². The number of rotatable bonds is 3. The van der Waals surface area contributed by atoms with Crippen LogP contribution in [0.15, 0.2) is 35.1 Å². The van der Waals surface area contributed by atoms with Crippen molar-refractivity contribution in [2.75, 3.05) is 5.32 Å². The predicted octanol–water partition coefficient (Wildman–Crippen LogP) is 3.82. The van der Waals surface area contributed by atoms with Crippen LogP contribution in [0.2, 0.25) is 0 Å². The molecule has 0 aliphatic heterocycles. The quantitative estimate of drug-likeness (QED) is 0.936. The third-order valence-electron chi connectivity index (χ3n) is 3.28. The Morgan fingerprint density at radius 3 is 2.48 bits per heavy atom. The number of carbonyl (C=O) groups is 1. The van der Waals surface area contributed by atoms with Crippen molar-refractivity contribution in [1.29, 1.82) is 0 Å². The minimum Gasteiger partial charge on any atom is -0.364 e. The van der Waals surface area contributed by atoms with Gasteiger partial charge >= 0.3 is 6.18 Å². The Kier molecular flexibility index (Phi) is 3.19. The Labute approximate surface area is 117 Å². The van der Waals surface area contributed by atoms with Gasteiger partial charge in [0, 0.05) is 11.6 Å². The normalized spacial score (nSPS) is 15.0. The van der Waals surface area contributed by atoms with Crippen molar-refractivity contribution in [2.45, 2.75) is 24.9 Å². The molecule has 1 aromatic heterocycles. The topological polar surface area (TPSA) is 55.1 Å². The number of carbonyl (C=O) groups excluding carboxylic acids is 1. The van der Waals surface area contributed by atoms with E-state index in [2.05, 4.69) is 10.5 Å². The van der Waals surface area contributed by atoms with Crippen LogP contribution in [-0.2, 0) is 6.18 Å². The molecule has 0 saturated heterocycles. The van der Waals surface area contributed by atoms with Crippen LogP contribution in [0.4, 0.5) is 18.9 Å². The van der Waals surface area contributed by atoms with E-state index in [1.54, 1.807) is 0 Å². The van der Waals surface area contributed by atoms with Gasteiger partial charge in [-0.05, 0) is 37.1 Å². The fourth-order valence-electron chi connectivity index (χ4n) is 2.01. The van der Waals surface area contributed by atoms with E-state index in [0.717, 1.165) is 25.0 Å². The summed E-state index contributed by atoms with van der Waals surface area (Å²) < 4.78 is 42.1. The summed E-state index contributed by atoms with van der Waals surface area (Å²) in [4.78, 5) is 12.1. The fraction of sp³-hybridized carbons (Fsp3) is 0.286. The molecule has 4 nitrogen and oxygen atoms in total. The maximum absolute atomic E-state index is 12.4. The lowest BCUT2D eigenvalue weighted by Gasteiger charge is -2.08. The van der Waals surface area contributed by atoms with Gasteiger partial charge in [0.25, 0.3) is 5.91 Å². The number of hydrogen-bond acceptors (Lipinski definition) is 3. The van der Waals surface area contributed by atoms with E-state index in [1.807, 2.05) is 0 Å². The zero-order valence-electron chi connectivity index (χ0n) is 10.8. The van der Waals surface area contributed by atoms with Crippen LogP contribution in [0.25, 0.3) is 0 Å². The number of aromatic nitrogens is 1. The molecule has 110 valence electrons. The van der Waals surface area contributed by atoms with Gasteiger partial charge in [-0.2, -0.15) is 13.2 Å². The number of nitrogens with one attached hydrogen (secondary N) is 1. The molecule has 2 aromatic rings.